The van der Waals surface area contributed by atoms with E-state index in [1.807, 2.05) is 0 Å². The number of nitrogens with one attached hydrogen (secondary N) is 1. The number of aliphatic hydroxyl groups excluding tert-OH is 2. The molecule has 3 N–H and O–H groups in total. The molecule has 0 aromatic heterocycles. The van der Waals surface area contributed by atoms with Crippen molar-refractivity contribution in [2.24, 2.45) is 0 Å². The third kappa shape index (κ3) is 5.66. The summed E-state index contributed by atoms with van der Waals surface area (Å²) in [6.07, 6.45) is -1.11. The first-order valence-electron chi connectivity index (χ1n) is 8.52. The molecule has 2 rings (SSSR count). The van der Waals surface area contributed by atoms with Gasteiger partial charge in [0.05, 0.1) is 0 Å². The SMILES string of the molecule is CC(C)(C)OC(=O)NC(C(O)c1ccc(F)cc1)C(O)N1CCCC1. The maximum absolute atomic E-state index is 13.1. The number of likely N-dealkylation sites (tertiary alicyclic amines) is 1. The molecule has 1 aromatic rings. The molecule has 3 unspecified atom stereocenters. The molecule has 1 aliphatic rings. The van der Waals surface area contributed by atoms with Crippen LogP contribution in [0.2, 0.25) is 0 Å². The average Bonchev–Trinajstić information content (AvgIpc) is 3.05. The van der Waals surface area contributed by atoms with Crippen LogP contribution in [0.25, 0.3) is 0 Å². The number of ether oxygens (including phenoxy) is 1. The number of halogens is 1. The van der Waals surface area contributed by atoms with Gasteiger partial charge in [-0.15, -0.1) is 0 Å². The molecule has 1 heterocycles. The molecule has 0 aliphatic carbocycles. The molecule has 1 saturated heterocycles. The molecule has 1 fully saturated rings. The Morgan fingerprint density at radius 1 is 1.20 bits per heavy atom. The second kappa shape index (κ2) is 8.12. The van der Waals surface area contributed by atoms with Gasteiger partial charge in [0.2, 0.25) is 0 Å². The Kier molecular flexibility index (Phi) is 6.37. The van der Waals surface area contributed by atoms with Crippen LogP contribution in [0.5, 0.6) is 0 Å². The summed E-state index contributed by atoms with van der Waals surface area (Å²) < 4.78 is 18.4. The van der Waals surface area contributed by atoms with Crippen molar-refractivity contribution in [3.05, 3.63) is 35.6 Å². The predicted molar refractivity (Wildman–Crippen MR) is 91.3 cm³/mol. The smallest absolute Gasteiger partial charge is 0.408 e. The lowest BCUT2D eigenvalue weighted by atomic mass is 10.0. The molecular formula is C18H27FN2O4. The minimum absolute atomic E-state index is 0.403. The number of rotatable bonds is 5. The quantitative estimate of drug-likeness (QED) is 0.755. The van der Waals surface area contributed by atoms with Crippen LogP contribution >= 0.6 is 0 Å². The molecule has 7 heteroatoms. The number of aliphatic hydroxyl groups is 2. The van der Waals surface area contributed by atoms with Crippen molar-refractivity contribution in [2.75, 3.05) is 13.1 Å². The molecule has 0 saturated carbocycles. The summed E-state index contributed by atoms with van der Waals surface area (Å²) in [6.45, 7) is 6.56. The Morgan fingerprint density at radius 2 is 1.76 bits per heavy atom. The maximum Gasteiger partial charge on any atom is 0.408 e. The molecule has 1 aromatic carbocycles. The van der Waals surface area contributed by atoms with Gasteiger partial charge in [-0.3, -0.25) is 4.90 Å². The lowest BCUT2D eigenvalue weighted by molar-refractivity contribution is -0.0528. The van der Waals surface area contributed by atoms with Crippen LogP contribution in [0.4, 0.5) is 9.18 Å². The van der Waals surface area contributed by atoms with Gasteiger partial charge in [-0.05, 0) is 51.3 Å². The number of nitrogens with zero attached hydrogens (tertiary/aromatic N) is 1. The standard InChI is InChI=1S/C18H27FN2O4/c1-18(2,3)25-17(24)20-14(16(23)21-10-4-5-11-21)15(22)12-6-8-13(19)9-7-12/h6-9,14-16,22-23H,4-5,10-11H2,1-3H3,(H,20,24). The van der Waals surface area contributed by atoms with E-state index in [-0.39, 0.29) is 0 Å². The third-order valence-corrected chi connectivity index (χ3v) is 4.07. The fourth-order valence-corrected chi connectivity index (χ4v) is 2.86. The van der Waals surface area contributed by atoms with Gasteiger partial charge in [-0.2, -0.15) is 0 Å². The number of hydrogen-bond donors (Lipinski definition) is 3. The Labute approximate surface area is 147 Å². The Morgan fingerprint density at radius 3 is 2.28 bits per heavy atom. The Balaban J connectivity index is 2.18. The zero-order chi connectivity index (χ0) is 18.6. The van der Waals surface area contributed by atoms with Crippen molar-refractivity contribution in [3.63, 3.8) is 0 Å². The van der Waals surface area contributed by atoms with E-state index in [1.54, 1.807) is 25.7 Å². The number of benzene rings is 1. The molecule has 0 spiro atoms. The second-order valence-electron chi connectivity index (χ2n) is 7.33. The first-order chi connectivity index (χ1) is 11.7. The largest absolute Gasteiger partial charge is 0.444 e. The summed E-state index contributed by atoms with van der Waals surface area (Å²) in [4.78, 5) is 13.9. The lowest BCUT2D eigenvalue weighted by Crippen LogP contribution is -2.54. The van der Waals surface area contributed by atoms with E-state index in [9.17, 15) is 19.4 Å². The Bertz CT molecular complexity index is 567. The number of hydrogen-bond acceptors (Lipinski definition) is 5. The van der Waals surface area contributed by atoms with Crippen LogP contribution in [-0.2, 0) is 4.74 Å². The molecule has 25 heavy (non-hydrogen) atoms. The number of amides is 1. The third-order valence-electron chi connectivity index (χ3n) is 4.07. The van der Waals surface area contributed by atoms with Gasteiger partial charge >= 0.3 is 6.09 Å². The van der Waals surface area contributed by atoms with E-state index >= 15 is 0 Å². The summed E-state index contributed by atoms with van der Waals surface area (Å²) in [5, 5.41) is 23.9. The van der Waals surface area contributed by atoms with Crippen LogP contribution in [-0.4, -0.2) is 52.2 Å². The van der Waals surface area contributed by atoms with Gasteiger partial charge < -0.3 is 20.3 Å². The number of alkyl carbamates (subject to hydrolysis) is 1. The van der Waals surface area contributed by atoms with E-state index in [4.69, 9.17) is 4.74 Å². The van der Waals surface area contributed by atoms with Crippen molar-refractivity contribution in [1.82, 2.24) is 10.2 Å². The summed E-state index contributed by atoms with van der Waals surface area (Å²) in [5.74, 6) is -0.423. The van der Waals surface area contributed by atoms with Crippen molar-refractivity contribution in [3.8, 4) is 0 Å². The highest BCUT2D eigenvalue weighted by molar-refractivity contribution is 5.68. The summed E-state index contributed by atoms with van der Waals surface area (Å²) >= 11 is 0. The van der Waals surface area contributed by atoms with E-state index in [0.29, 0.717) is 18.7 Å². The maximum atomic E-state index is 13.1. The van der Waals surface area contributed by atoms with Gasteiger partial charge in [0, 0.05) is 13.1 Å². The second-order valence-corrected chi connectivity index (χ2v) is 7.33. The van der Waals surface area contributed by atoms with Crippen molar-refractivity contribution in [1.29, 1.82) is 0 Å². The van der Waals surface area contributed by atoms with E-state index in [0.717, 1.165) is 12.8 Å². The molecule has 0 bridgehead atoms. The van der Waals surface area contributed by atoms with Crippen molar-refractivity contribution >= 4 is 6.09 Å². The molecular weight excluding hydrogens is 327 g/mol. The van der Waals surface area contributed by atoms with E-state index in [2.05, 4.69) is 5.32 Å². The van der Waals surface area contributed by atoms with Crippen molar-refractivity contribution in [2.45, 2.75) is 57.6 Å². The zero-order valence-electron chi connectivity index (χ0n) is 14.9. The van der Waals surface area contributed by atoms with E-state index < -0.39 is 35.9 Å². The van der Waals surface area contributed by atoms with Crippen LogP contribution in [0.15, 0.2) is 24.3 Å². The van der Waals surface area contributed by atoms with Gasteiger partial charge in [-0.25, -0.2) is 9.18 Å². The highest BCUT2D eigenvalue weighted by Crippen LogP contribution is 2.24. The molecule has 1 aliphatic heterocycles. The van der Waals surface area contributed by atoms with Crippen LogP contribution in [0, 0.1) is 5.82 Å². The van der Waals surface area contributed by atoms with Gasteiger partial charge in [-0.1, -0.05) is 12.1 Å². The van der Waals surface area contributed by atoms with Gasteiger partial charge in [0.15, 0.2) is 0 Å². The summed E-state index contributed by atoms with van der Waals surface area (Å²) in [5.41, 5.74) is -0.297. The number of carbonyl (C=O) groups excluding carboxylic acids is 1. The summed E-state index contributed by atoms with van der Waals surface area (Å²) in [7, 11) is 0. The average molecular weight is 354 g/mol. The van der Waals surface area contributed by atoms with E-state index in [1.165, 1.54) is 24.3 Å². The monoisotopic (exact) mass is 354 g/mol. The van der Waals surface area contributed by atoms with Crippen LogP contribution in [0.1, 0.15) is 45.3 Å². The highest BCUT2D eigenvalue weighted by Gasteiger charge is 2.35. The van der Waals surface area contributed by atoms with Gasteiger partial charge in [0.1, 0.15) is 29.8 Å². The predicted octanol–water partition coefficient (Wildman–Crippen LogP) is 2.17. The topological polar surface area (TPSA) is 82.0 Å². The Hall–Kier alpha value is -1.70. The molecule has 6 nitrogen and oxygen atoms in total. The first-order valence-corrected chi connectivity index (χ1v) is 8.52. The van der Waals surface area contributed by atoms with Crippen LogP contribution < -0.4 is 5.32 Å². The van der Waals surface area contributed by atoms with Crippen molar-refractivity contribution < 1.29 is 24.1 Å². The zero-order valence-corrected chi connectivity index (χ0v) is 14.9. The minimum atomic E-state index is -1.20. The number of carbonyl (C=O) groups is 1. The summed E-state index contributed by atoms with van der Waals surface area (Å²) in [6, 6.07) is 4.32. The van der Waals surface area contributed by atoms with Gasteiger partial charge in [0.25, 0.3) is 0 Å². The highest BCUT2D eigenvalue weighted by atomic mass is 19.1. The molecule has 0 radical (unpaired) electrons. The normalized spacial score (nSPS) is 19.3. The molecule has 140 valence electrons. The first kappa shape index (κ1) is 19.6. The van der Waals surface area contributed by atoms with Crippen LogP contribution in [0.3, 0.4) is 0 Å². The fourth-order valence-electron chi connectivity index (χ4n) is 2.86. The minimum Gasteiger partial charge on any atom is -0.444 e. The lowest BCUT2D eigenvalue weighted by Gasteiger charge is -2.34. The molecule has 1 amide bonds. The molecule has 3 atom stereocenters. The fraction of sp³-hybridized carbons (Fsp3) is 0.611.